The van der Waals surface area contributed by atoms with Crippen LogP contribution in [0.15, 0.2) is 28.7 Å². The van der Waals surface area contributed by atoms with Crippen molar-refractivity contribution in [2.75, 3.05) is 26.2 Å². The Morgan fingerprint density at radius 2 is 2.15 bits per heavy atom. The zero-order valence-electron chi connectivity index (χ0n) is 12.0. The molecule has 0 aromatic heterocycles. The summed E-state index contributed by atoms with van der Waals surface area (Å²) in [4.78, 5) is 14.5. The zero-order chi connectivity index (χ0) is 14.4. The predicted molar refractivity (Wildman–Crippen MR) is 84.2 cm³/mol. The molecule has 0 amide bonds. The average Bonchev–Trinajstić information content (AvgIpc) is 2.46. The molecule has 20 heavy (non-hydrogen) atoms. The van der Waals surface area contributed by atoms with Gasteiger partial charge in [-0.05, 0) is 31.9 Å². The summed E-state index contributed by atoms with van der Waals surface area (Å²) in [5.41, 5.74) is 0.795. The van der Waals surface area contributed by atoms with E-state index in [1.165, 1.54) is 0 Å². The lowest BCUT2D eigenvalue weighted by atomic mass is 10.1. The SMILES string of the molecule is CCOC1CCN(CCC(=O)c2cccc(Br)c2)CC1. The third-order valence-electron chi connectivity index (χ3n) is 3.74. The van der Waals surface area contributed by atoms with E-state index in [-0.39, 0.29) is 5.78 Å². The van der Waals surface area contributed by atoms with E-state index in [0.29, 0.717) is 12.5 Å². The first kappa shape index (κ1) is 15.7. The number of Topliss-reactive ketones (excluding diaryl/α,β-unsaturated/α-hetero) is 1. The van der Waals surface area contributed by atoms with Gasteiger partial charge in [-0.15, -0.1) is 0 Å². The van der Waals surface area contributed by atoms with Crippen molar-refractivity contribution < 1.29 is 9.53 Å². The van der Waals surface area contributed by atoms with E-state index >= 15 is 0 Å². The maximum atomic E-state index is 12.1. The Bertz CT molecular complexity index is 442. The number of ether oxygens (including phenoxy) is 1. The van der Waals surface area contributed by atoms with Gasteiger partial charge in [-0.2, -0.15) is 0 Å². The quantitative estimate of drug-likeness (QED) is 0.742. The summed E-state index contributed by atoms with van der Waals surface area (Å²) in [5.74, 6) is 0.221. The average molecular weight is 340 g/mol. The van der Waals surface area contributed by atoms with Crippen LogP contribution >= 0.6 is 15.9 Å². The highest BCUT2D eigenvalue weighted by molar-refractivity contribution is 9.10. The molecule has 1 fully saturated rings. The lowest BCUT2D eigenvalue weighted by molar-refractivity contribution is 0.0143. The van der Waals surface area contributed by atoms with Crippen LogP contribution < -0.4 is 0 Å². The summed E-state index contributed by atoms with van der Waals surface area (Å²) >= 11 is 3.40. The van der Waals surface area contributed by atoms with Crippen molar-refractivity contribution in [2.45, 2.75) is 32.3 Å². The Balaban J connectivity index is 1.74. The normalized spacial score (nSPS) is 17.3. The van der Waals surface area contributed by atoms with Crippen LogP contribution in [0.1, 0.15) is 36.5 Å². The molecular formula is C16H22BrNO2. The highest BCUT2D eigenvalue weighted by Gasteiger charge is 2.19. The first-order valence-corrected chi connectivity index (χ1v) is 8.11. The molecule has 1 aromatic rings. The molecule has 110 valence electrons. The molecule has 1 heterocycles. The van der Waals surface area contributed by atoms with Crippen LogP contribution in [0.3, 0.4) is 0 Å². The fourth-order valence-corrected chi connectivity index (χ4v) is 3.00. The predicted octanol–water partition coefficient (Wildman–Crippen LogP) is 3.52. The smallest absolute Gasteiger partial charge is 0.164 e. The molecule has 1 saturated heterocycles. The molecule has 0 aliphatic carbocycles. The summed E-state index contributed by atoms with van der Waals surface area (Å²) in [6.07, 6.45) is 3.17. The van der Waals surface area contributed by atoms with E-state index < -0.39 is 0 Å². The van der Waals surface area contributed by atoms with E-state index in [9.17, 15) is 4.79 Å². The van der Waals surface area contributed by atoms with Crippen LogP contribution in [0.25, 0.3) is 0 Å². The molecule has 3 nitrogen and oxygen atoms in total. The maximum absolute atomic E-state index is 12.1. The maximum Gasteiger partial charge on any atom is 0.164 e. The number of carbonyl (C=O) groups is 1. The summed E-state index contributed by atoms with van der Waals surface area (Å²) in [5, 5.41) is 0. The number of hydrogen-bond donors (Lipinski definition) is 0. The van der Waals surface area contributed by atoms with Gasteiger partial charge < -0.3 is 9.64 Å². The van der Waals surface area contributed by atoms with Crippen LogP contribution in [-0.2, 0) is 4.74 Å². The van der Waals surface area contributed by atoms with Crippen LogP contribution in [0.5, 0.6) is 0 Å². The molecule has 0 saturated carbocycles. The highest BCUT2D eigenvalue weighted by atomic mass is 79.9. The second-order valence-electron chi connectivity index (χ2n) is 5.18. The van der Waals surface area contributed by atoms with Gasteiger partial charge in [-0.1, -0.05) is 28.1 Å². The third kappa shape index (κ3) is 4.69. The summed E-state index contributed by atoms with van der Waals surface area (Å²) in [6, 6.07) is 7.62. The highest BCUT2D eigenvalue weighted by Crippen LogP contribution is 2.16. The lowest BCUT2D eigenvalue weighted by Gasteiger charge is -2.31. The number of likely N-dealkylation sites (tertiary alicyclic amines) is 1. The second kappa shape index (κ2) is 7.91. The number of hydrogen-bond acceptors (Lipinski definition) is 3. The fraction of sp³-hybridized carbons (Fsp3) is 0.562. The Kier molecular flexibility index (Phi) is 6.20. The molecule has 1 aliphatic heterocycles. The number of piperidine rings is 1. The lowest BCUT2D eigenvalue weighted by Crippen LogP contribution is -2.38. The van der Waals surface area contributed by atoms with Crippen molar-refractivity contribution in [2.24, 2.45) is 0 Å². The minimum absolute atomic E-state index is 0.221. The van der Waals surface area contributed by atoms with Crippen molar-refractivity contribution in [3.05, 3.63) is 34.3 Å². The molecule has 1 aromatic carbocycles. The summed E-state index contributed by atoms with van der Waals surface area (Å²) in [6.45, 7) is 5.77. The number of rotatable bonds is 6. The first-order chi connectivity index (χ1) is 9.69. The van der Waals surface area contributed by atoms with E-state index in [1.807, 2.05) is 31.2 Å². The van der Waals surface area contributed by atoms with Gasteiger partial charge in [0, 0.05) is 42.7 Å². The van der Waals surface area contributed by atoms with Crippen molar-refractivity contribution in [1.29, 1.82) is 0 Å². The molecule has 0 atom stereocenters. The van der Waals surface area contributed by atoms with Gasteiger partial charge in [0.2, 0.25) is 0 Å². The van der Waals surface area contributed by atoms with E-state index in [1.54, 1.807) is 0 Å². The third-order valence-corrected chi connectivity index (χ3v) is 4.23. The van der Waals surface area contributed by atoms with Crippen molar-refractivity contribution >= 4 is 21.7 Å². The van der Waals surface area contributed by atoms with Crippen molar-refractivity contribution in [1.82, 2.24) is 4.90 Å². The second-order valence-corrected chi connectivity index (χ2v) is 6.10. The van der Waals surface area contributed by atoms with Gasteiger partial charge in [0.15, 0.2) is 5.78 Å². The number of nitrogens with zero attached hydrogens (tertiary/aromatic N) is 1. The van der Waals surface area contributed by atoms with Gasteiger partial charge in [0.1, 0.15) is 0 Å². The van der Waals surface area contributed by atoms with Gasteiger partial charge in [0.05, 0.1) is 6.10 Å². The van der Waals surface area contributed by atoms with Crippen LogP contribution in [0.2, 0.25) is 0 Å². The summed E-state index contributed by atoms with van der Waals surface area (Å²) < 4.78 is 6.60. The number of carbonyl (C=O) groups excluding carboxylic acids is 1. The molecule has 0 N–H and O–H groups in total. The monoisotopic (exact) mass is 339 g/mol. The molecular weight excluding hydrogens is 318 g/mol. The fourth-order valence-electron chi connectivity index (χ4n) is 2.60. The van der Waals surface area contributed by atoms with Crippen molar-refractivity contribution in [3.63, 3.8) is 0 Å². The molecule has 4 heteroatoms. The van der Waals surface area contributed by atoms with Gasteiger partial charge >= 0.3 is 0 Å². The number of ketones is 1. The molecule has 0 radical (unpaired) electrons. The minimum atomic E-state index is 0.221. The molecule has 2 rings (SSSR count). The molecule has 1 aliphatic rings. The van der Waals surface area contributed by atoms with E-state index in [0.717, 1.165) is 49.1 Å². The number of benzene rings is 1. The van der Waals surface area contributed by atoms with Crippen LogP contribution in [0, 0.1) is 0 Å². The summed E-state index contributed by atoms with van der Waals surface area (Å²) in [7, 11) is 0. The standard InChI is InChI=1S/C16H22BrNO2/c1-2-20-15-6-9-18(10-7-15)11-8-16(19)13-4-3-5-14(17)12-13/h3-5,12,15H,2,6-11H2,1H3. The van der Waals surface area contributed by atoms with E-state index in [4.69, 9.17) is 4.74 Å². The van der Waals surface area contributed by atoms with Crippen LogP contribution in [-0.4, -0.2) is 43.0 Å². The Morgan fingerprint density at radius 3 is 2.80 bits per heavy atom. The Hall–Kier alpha value is -0.710. The molecule has 0 bridgehead atoms. The minimum Gasteiger partial charge on any atom is -0.378 e. The largest absolute Gasteiger partial charge is 0.378 e. The van der Waals surface area contributed by atoms with Gasteiger partial charge in [0.25, 0.3) is 0 Å². The molecule has 0 unspecified atom stereocenters. The molecule has 0 spiro atoms. The number of halogens is 1. The van der Waals surface area contributed by atoms with Gasteiger partial charge in [-0.25, -0.2) is 0 Å². The van der Waals surface area contributed by atoms with Gasteiger partial charge in [-0.3, -0.25) is 4.79 Å². The first-order valence-electron chi connectivity index (χ1n) is 7.31. The van der Waals surface area contributed by atoms with Crippen molar-refractivity contribution in [3.8, 4) is 0 Å². The van der Waals surface area contributed by atoms with E-state index in [2.05, 4.69) is 20.8 Å². The topological polar surface area (TPSA) is 29.5 Å². The zero-order valence-corrected chi connectivity index (χ0v) is 13.6. The van der Waals surface area contributed by atoms with Crippen LogP contribution in [0.4, 0.5) is 0 Å². The Morgan fingerprint density at radius 1 is 1.40 bits per heavy atom. The Labute approximate surface area is 129 Å².